The molecule has 0 aliphatic carbocycles. The quantitative estimate of drug-likeness (QED) is 0.404. The summed E-state index contributed by atoms with van der Waals surface area (Å²) in [6.07, 6.45) is 4.18. The minimum absolute atomic E-state index is 0.417. The molecule has 0 aliphatic heterocycles. The maximum absolute atomic E-state index is 10.2. The molecule has 5 nitrogen and oxygen atoms in total. The number of carbonyl (C=O) groups is 1. The topological polar surface area (TPSA) is 78.0 Å². The fraction of sp³-hybridized carbons (Fsp3) is 0.333. The van der Waals surface area contributed by atoms with E-state index in [4.69, 9.17) is 5.21 Å². The molecule has 60 valence electrons. The van der Waals surface area contributed by atoms with Crippen LogP contribution in [0.2, 0.25) is 0 Å². The molecule has 0 fully saturated rings. The average molecular weight is 155 g/mol. The highest BCUT2D eigenvalue weighted by atomic mass is 16.5. The van der Waals surface area contributed by atoms with Crippen LogP contribution in [0.5, 0.6) is 0 Å². The Kier molecular flexibility index (Phi) is 2.76. The molecule has 0 bridgehead atoms. The fourth-order valence-electron chi connectivity index (χ4n) is 0.757. The number of aromatic nitrogens is 2. The molecule has 1 heterocycles. The number of nitrogens with one attached hydrogen (secondary N) is 2. The van der Waals surface area contributed by atoms with Crippen molar-refractivity contribution in [3.63, 3.8) is 0 Å². The Hall–Kier alpha value is -1.20. The van der Waals surface area contributed by atoms with E-state index in [1.54, 1.807) is 6.20 Å². The molecule has 11 heavy (non-hydrogen) atoms. The summed E-state index contributed by atoms with van der Waals surface area (Å²) in [6, 6.07) is -0.560. The first kappa shape index (κ1) is 7.90. The van der Waals surface area contributed by atoms with Crippen molar-refractivity contribution >= 4 is 6.29 Å². The molecule has 1 aromatic heterocycles. The number of hydroxylamine groups is 1. The summed E-state index contributed by atoms with van der Waals surface area (Å²) in [5.41, 5.74) is 2.68. The third-order valence-electron chi connectivity index (χ3n) is 1.32. The van der Waals surface area contributed by atoms with E-state index in [0.29, 0.717) is 12.7 Å². The first-order valence-corrected chi connectivity index (χ1v) is 3.19. The molecule has 1 aromatic rings. The third kappa shape index (κ3) is 2.14. The van der Waals surface area contributed by atoms with Crippen LogP contribution in [0.3, 0.4) is 0 Å². The van der Waals surface area contributed by atoms with Gasteiger partial charge in [-0.05, 0) is 0 Å². The van der Waals surface area contributed by atoms with Gasteiger partial charge in [0.2, 0.25) is 0 Å². The lowest BCUT2D eigenvalue weighted by molar-refractivity contribution is -0.111. The molecule has 0 spiro atoms. The van der Waals surface area contributed by atoms with Crippen LogP contribution in [0.15, 0.2) is 12.5 Å². The largest absolute Gasteiger partial charge is 0.348 e. The highest BCUT2D eigenvalue weighted by molar-refractivity contribution is 5.57. The number of rotatable bonds is 4. The third-order valence-corrected chi connectivity index (χ3v) is 1.32. The van der Waals surface area contributed by atoms with Crippen LogP contribution in [0, 0.1) is 0 Å². The van der Waals surface area contributed by atoms with Crippen LogP contribution < -0.4 is 5.48 Å². The van der Waals surface area contributed by atoms with Crippen molar-refractivity contribution in [2.45, 2.75) is 12.5 Å². The molecule has 5 heteroatoms. The van der Waals surface area contributed by atoms with E-state index in [0.717, 1.165) is 5.69 Å². The van der Waals surface area contributed by atoms with E-state index >= 15 is 0 Å². The summed E-state index contributed by atoms with van der Waals surface area (Å²) < 4.78 is 0. The summed E-state index contributed by atoms with van der Waals surface area (Å²) in [5.74, 6) is 0. The van der Waals surface area contributed by atoms with Crippen LogP contribution in [-0.4, -0.2) is 27.5 Å². The highest BCUT2D eigenvalue weighted by Crippen LogP contribution is 1.94. The second kappa shape index (κ2) is 3.85. The summed E-state index contributed by atoms with van der Waals surface area (Å²) in [5, 5.41) is 8.41. The van der Waals surface area contributed by atoms with Crippen molar-refractivity contribution in [2.24, 2.45) is 0 Å². The van der Waals surface area contributed by atoms with Crippen LogP contribution in [0.1, 0.15) is 5.69 Å². The maximum Gasteiger partial charge on any atom is 0.139 e. The molecular weight excluding hydrogens is 146 g/mol. The van der Waals surface area contributed by atoms with E-state index < -0.39 is 6.04 Å². The number of hydrogen-bond acceptors (Lipinski definition) is 4. The maximum atomic E-state index is 10.2. The van der Waals surface area contributed by atoms with Crippen LogP contribution >= 0.6 is 0 Å². The van der Waals surface area contributed by atoms with Crippen LogP contribution in [0.25, 0.3) is 0 Å². The zero-order valence-electron chi connectivity index (χ0n) is 5.82. The minimum atomic E-state index is -0.560. The van der Waals surface area contributed by atoms with Crippen molar-refractivity contribution in [2.75, 3.05) is 0 Å². The van der Waals surface area contributed by atoms with Crippen LogP contribution in [-0.2, 0) is 11.2 Å². The summed E-state index contributed by atoms with van der Waals surface area (Å²) in [4.78, 5) is 16.8. The molecule has 0 radical (unpaired) electrons. The van der Waals surface area contributed by atoms with Gasteiger partial charge < -0.3 is 15.0 Å². The van der Waals surface area contributed by atoms with Gasteiger partial charge in [0.25, 0.3) is 0 Å². The van der Waals surface area contributed by atoms with Gasteiger partial charge in [0.05, 0.1) is 12.4 Å². The molecule has 0 aromatic carbocycles. The summed E-state index contributed by atoms with van der Waals surface area (Å²) >= 11 is 0. The number of imidazole rings is 1. The van der Waals surface area contributed by atoms with Gasteiger partial charge in [0.1, 0.15) is 6.29 Å². The van der Waals surface area contributed by atoms with Gasteiger partial charge in [0.15, 0.2) is 0 Å². The number of aromatic amines is 1. The van der Waals surface area contributed by atoms with Gasteiger partial charge in [-0.3, -0.25) is 0 Å². The second-order valence-electron chi connectivity index (χ2n) is 2.15. The van der Waals surface area contributed by atoms with Crippen molar-refractivity contribution < 1.29 is 10.0 Å². The second-order valence-corrected chi connectivity index (χ2v) is 2.15. The normalized spacial score (nSPS) is 12.8. The lowest BCUT2D eigenvalue weighted by Crippen LogP contribution is -2.29. The summed E-state index contributed by atoms with van der Waals surface area (Å²) in [6.45, 7) is 0. The van der Waals surface area contributed by atoms with Gasteiger partial charge in [-0.2, -0.15) is 5.48 Å². The molecule has 0 unspecified atom stereocenters. The van der Waals surface area contributed by atoms with Crippen LogP contribution in [0.4, 0.5) is 0 Å². The molecule has 0 saturated carbocycles. The standard InChI is InChI=1S/C6H9N3O2/c10-3-6(9-11)1-5-2-7-4-8-5/h2-4,6,9,11H,1H2,(H,7,8)/t6-/m0/s1. The predicted molar refractivity (Wildman–Crippen MR) is 37.1 cm³/mol. The van der Waals surface area contributed by atoms with E-state index in [1.165, 1.54) is 6.33 Å². The zero-order chi connectivity index (χ0) is 8.10. The van der Waals surface area contributed by atoms with E-state index in [2.05, 4.69) is 9.97 Å². The fourth-order valence-corrected chi connectivity index (χ4v) is 0.757. The Morgan fingerprint density at radius 3 is 3.18 bits per heavy atom. The van der Waals surface area contributed by atoms with Gasteiger partial charge in [0, 0.05) is 18.3 Å². The van der Waals surface area contributed by atoms with Crippen molar-refractivity contribution in [3.8, 4) is 0 Å². The smallest absolute Gasteiger partial charge is 0.139 e. The first-order valence-electron chi connectivity index (χ1n) is 3.19. The molecular formula is C6H9N3O2. The minimum Gasteiger partial charge on any atom is -0.348 e. The Balaban J connectivity index is 2.47. The number of H-pyrrole nitrogens is 1. The van der Waals surface area contributed by atoms with E-state index in [-0.39, 0.29) is 0 Å². The van der Waals surface area contributed by atoms with Gasteiger partial charge in [-0.1, -0.05) is 0 Å². The molecule has 1 atom stereocenters. The van der Waals surface area contributed by atoms with E-state index in [9.17, 15) is 4.79 Å². The van der Waals surface area contributed by atoms with Gasteiger partial charge in [-0.25, -0.2) is 4.98 Å². The molecule has 1 rings (SSSR count). The van der Waals surface area contributed by atoms with Gasteiger partial charge >= 0.3 is 0 Å². The van der Waals surface area contributed by atoms with Crippen molar-refractivity contribution in [3.05, 3.63) is 18.2 Å². The molecule has 3 N–H and O–H groups in total. The van der Waals surface area contributed by atoms with Crippen molar-refractivity contribution in [1.29, 1.82) is 0 Å². The highest BCUT2D eigenvalue weighted by Gasteiger charge is 2.06. The SMILES string of the molecule is O=C[C@H](Cc1cnc[nH]1)NO. The number of carbonyl (C=O) groups excluding carboxylic acids is 1. The lowest BCUT2D eigenvalue weighted by Gasteiger charge is -2.03. The number of aldehydes is 1. The number of nitrogens with zero attached hydrogens (tertiary/aromatic N) is 1. The predicted octanol–water partition coefficient (Wildman–Crippen LogP) is -0.502. The van der Waals surface area contributed by atoms with Crippen molar-refractivity contribution in [1.82, 2.24) is 15.4 Å². The lowest BCUT2D eigenvalue weighted by atomic mass is 10.2. The van der Waals surface area contributed by atoms with Gasteiger partial charge in [-0.15, -0.1) is 0 Å². The first-order chi connectivity index (χ1) is 5.36. The Bertz CT molecular complexity index is 210. The molecule has 0 amide bonds. The zero-order valence-corrected chi connectivity index (χ0v) is 5.82. The Labute approximate surface area is 63.4 Å². The summed E-state index contributed by atoms with van der Waals surface area (Å²) in [7, 11) is 0. The molecule has 0 aliphatic rings. The number of hydrogen-bond donors (Lipinski definition) is 3. The molecule has 0 saturated heterocycles. The van der Waals surface area contributed by atoms with E-state index in [1.807, 2.05) is 5.48 Å². The Morgan fingerprint density at radius 2 is 2.73 bits per heavy atom. The average Bonchev–Trinajstić information content (AvgIpc) is 2.52. The Morgan fingerprint density at radius 1 is 1.91 bits per heavy atom. The monoisotopic (exact) mass is 155 g/mol.